The maximum absolute atomic E-state index is 11.3. The second-order valence-corrected chi connectivity index (χ2v) is 4.57. The molecule has 4 nitrogen and oxygen atoms in total. The SMILES string of the molecule is CC(C)NC(=O)CNCC1CCCNC1. The van der Waals surface area contributed by atoms with Crippen LogP contribution in [0.25, 0.3) is 0 Å². The Morgan fingerprint density at radius 2 is 2.33 bits per heavy atom. The van der Waals surface area contributed by atoms with Gasteiger partial charge in [-0.2, -0.15) is 0 Å². The molecule has 1 rings (SSSR count). The van der Waals surface area contributed by atoms with Crippen molar-refractivity contribution in [3.63, 3.8) is 0 Å². The Labute approximate surface area is 92.2 Å². The topological polar surface area (TPSA) is 53.2 Å². The predicted octanol–water partition coefficient (Wildman–Crippen LogP) is 0.100. The number of piperidine rings is 1. The van der Waals surface area contributed by atoms with Crippen LogP contribution in [0, 0.1) is 5.92 Å². The van der Waals surface area contributed by atoms with E-state index in [4.69, 9.17) is 0 Å². The van der Waals surface area contributed by atoms with Crippen molar-refractivity contribution in [1.29, 1.82) is 0 Å². The van der Waals surface area contributed by atoms with Gasteiger partial charge in [0.1, 0.15) is 0 Å². The summed E-state index contributed by atoms with van der Waals surface area (Å²) in [6, 6.07) is 0.232. The third-order valence-corrected chi connectivity index (χ3v) is 2.57. The number of hydrogen-bond acceptors (Lipinski definition) is 3. The summed E-state index contributed by atoms with van der Waals surface area (Å²) >= 11 is 0. The molecule has 0 spiro atoms. The van der Waals surface area contributed by atoms with Crippen molar-refractivity contribution in [1.82, 2.24) is 16.0 Å². The molecule has 4 heteroatoms. The lowest BCUT2D eigenvalue weighted by Gasteiger charge is -2.22. The minimum Gasteiger partial charge on any atom is -0.353 e. The van der Waals surface area contributed by atoms with Crippen LogP contribution >= 0.6 is 0 Å². The van der Waals surface area contributed by atoms with Gasteiger partial charge in [-0.25, -0.2) is 0 Å². The number of nitrogens with one attached hydrogen (secondary N) is 3. The summed E-state index contributed by atoms with van der Waals surface area (Å²) in [7, 11) is 0. The summed E-state index contributed by atoms with van der Waals surface area (Å²) in [6.45, 7) is 7.56. The third kappa shape index (κ3) is 5.74. The van der Waals surface area contributed by atoms with E-state index in [2.05, 4.69) is 16.0 Å². The third-order valence-electron chi connectivity index (χ3n) is 2.57. The first-order chi connectivity index (χ1) is 7.18. The van der Waals surface area contributed by atoms with Crippen LogP contribution in [0.2, 0.25) is 0 Å². The van der Waals surface area contributed by atoms with Gasteiger partial charge >= 0.3 is 0 Å². The first-order valence-corrected chi connectivity index (χ1v) is 5.89. The molecule has 1 aliphatic rings. The average molecular weight is 213 g/mol. The van der Waals surface area contributed by atoms with Crippen LogP contribution in [0.5, 0.6) is 0 Å². The molecule has 1 fully saturated rings. The van der Waals surface area contributed by atoms with Crippen LogP contribution in [-0.4, -0.2) is 38.1 Å². The zero-order chi connectivity index (χ0) is 11.1. The largest absolute Gasteiger partial charge is 0.353 e. The molecule has 1 atom stereocenters. The number of carbonyl (C=O) groups excluding carboxylic acids is 1. The first kappa shape index (κ1) is 12.5. The maximum Gasteiger partial charge on any atom is 0.234 e. The molecule has 1 unspecified atom stereocenters. The second-order valence-electron chi connectivity index (χ2n) is 4.57. The summed E-state index contributed by atoms with van der Waals surface area (Å²) < 4.78 is 0. The Kier molecular flexibility index (Phi) is 5.65. The molecular formula is C11H23N3O. The van der Waals surface area contributed by atoms with E-state index in [9.17, 15) is 4.79 Å². The molecule has 3 N–H and O–H groups in total. The van der Waals surface area contributed by atoms with E-state index in [0.29, 0.717) is 12.5 Å². The van der Waals surface area contributed by atoms with E-state index in [0.717, 1.165) is 19.6 Å². The summed E-state index contributed by atoms with van der Waals surface area (Å²) in [5, 5.41) is 9.44. The van der Waals surface area contributed by atoms with Crippen molar-refractivity contribution in [2.24, 2.45) is 5.92 Å². The van der Waals surface area contributed by atoms with Crippen LogP contribution in [0.15, 0.2) is 0 Å². The van der Waals surface area contributed by atoms with Crippen molar-refractivity contribution in [2.75, 3.05) is 26.2 Å². The van der Waals surface area contributed by atoms with E-state index >= 15 is 0 Å². The Bertz CT molecular complexity index is 188. The molecular weight excluding hydrogens is 190 g/mol. The average Bonchev–Trinajstić information content (AvgIpc) is 2.18. The summed E-state index contributed by atoms with van der Waals surface area (Å²) in [5.41, 5.74) is 0. The molecule has 1 saturated heterocycles. The van der Waals surface area contributed by atoms with Gasteiger partial charge in [0.2, 0.25) is 5.91 Å². The highest BCUT2D eigenvalue weighted by Crippen LogP contribution is 2.07. The Morgan fingerprint density at radius 1 is 1.53 bits per heavy atom. The van der Waals surface area contributed by atoms with Crippen LogP contribution < -0.4 is 16.0 Å². The van der Waals surface area contributed by atoms with Crippen LogP contribution in [-0.2, 0) is 4.79 Å². The number of carbonyl (C=O) groups is 1. The van der Waals surface area contributed by atoms with E-state index in [-0.39, 0.29) is 11.9 Å². The van der Waals surface area contributed by atoms with E-state index in [1.807, 2.05) is 13.8 Å². The standard InChI is InChI=1S/C11H23N3O/c1-9(2)14-11(15)8-13-7-10-4-3-5-12-6-10/h9-10,12-13H,3-8H2,1-2H3,(H,14,15). The molecule has 0 aromatic heterocycles. The molecule has 15 heavy (non-hydrogen) atoms. The van der Waals surface area contributed by atoms with Gasteiger partial charge in [-0.05, 0) is 52.2 Å². The predicted molar refractivity (Wildman–Crippen MR) is 61.7 cm³/mol. The molecule has 1 amide bonds. The van der Waals surface area contributed by atoms with Gasteiger partial charge in [0.15, 0.2) is 0 Å². The Balaban J connectivity index is 2.02. The van der Waals surface area contributed by atoms with Crippen molar-refractivity contribution in [2.45, 2.75) is 32.7 Å². The van der Waals surface area contributed by atoms with E-state index in [1.165, 1.54) is 12.8 Å². The van der Waals surface area contributed by atoms with Gasteiger partial charge in [-0.15, -0.1) is 0 Å². The van der Waals surface area contributed by atoms with Crippen LogP contribution in [0.1, 0.15) is 26.7 Å². The van der Waals surface area contributed by atoms with Crippen LogP contribution in [0.4, 0.5) is 0 Å². The van der Waals surface area contributed by atoms with Crippen molar-refractivity contribution >= 4 is 5.91 Å². The van der Waals surface area contributed by atoms with E-state index < -0.39 is 0 Å². The Morgan fingerprint density at radius 3 is 2.93 bits per heavy atom. The van der Waals surface area contributed by atoms with Crippen molar-refractivity contribution in [3.8, 4) is 0 Å². The van der Waals surface area contributed by atoms with Gasteiger partial charge < -0.3 is 16.0 Å². The normalized spacial score (nSPS) is 21.7. The van der Waals surface area contributed by atoms with Gasteiger partial charge in [0, 0.05) is 6.04 Å². The zero-order valence-electron chi connectivity index (χ0n) is 9.81. The lowest BCUT2D eigenvalue weighted by atomic mass is 10.00. The molecule has 1 heterocycles. The quantitative estimate of drug-likeness (QED) is 0.607. The fourth-order valence-corrected chi connectivity index (χ4v) is 1.86. The Hall–Kier alpha value is -0.610. The van der Waals surface area contributed by atoms with Gasteiger partial charge in [-0.1, -0.05) is 0 Å². The summed E-state index contributed by atoms with van der Waals surface area (Å²) in [5.74, 6) is 0.777. The number of hydrogen-bond donors (Lipinski definition) is 3. The van der Waals surface area contributed by atoms with E-state index in [1.54, 1.807) is 0 Å². The first-order valence-electron chi connectivity index (χ1n) is 5.89. The van der Waals surface area contributed by atoms with Gasteiger partial charge in [0.05, 0.1) is 6.54 Å². The highest BCUT2D eigenvalue weighted by Gasteiger charge is 2.12. The fourth-order valence-electron chi connectivity index (χ4n) is 1.86. The molecule has 0 aromatic rings. The number of rotatable bonds is 5. The van der Waals surface area contributed by atoms with Crippen molar-refractivity contribution < 1.29 is 4.79 Å². The highest BCUT2D eigenvalue weighted by atomic mass is 16.1. The maximum atomic E-state index is 11.3. The monoisotopic (exact) mass is 213 g/mol. The number of amides is 1. The molecule has 88 valence electrons. The molecule has 0 aromatic carbocycles. The smallest absolute Gasteiger partial charge is 0.234 e. The lowest BCUT2D eigenvalue weighted by molar-refractivity contribution is -0.120. The lowest BCUT2D eigenvalue weighted by Crippen LogP contribution is -2.41. The molecule has 0 saturated carbocycles. The van der Waals surface area contributed by atoms with Crippen LogP contribution in [0.3, 0.4) is 0 Å². The fraction of sp³-hybridized carbons (Fsp3) is 0.909. The minimum atomic E-state index is 0.0915. The van der Waals surface area contributed by atoms with Gasteiger partial charge in [-0.3, -0.25) is 4.79 Å². The van der Waals surface area contributed by atoms with Crippen molar-refractivity contribution in [3.05, 3.63) is 0 Å². The van der Waals surface area contributed by atoms with Gasteiger partial charge in [0.25, 0.3) is 0 Å². The highest BCUT2D eigenvalue weighted by molar-refractivity contribution is 5.78. The zero-order valence-corrected chi connectivity index (χ0v) is 9.81. The molecule has 0 radical (unpaired) electrons. The molecule has 1 aliphatic heterocycles. The minimum absolute atomic E-state index is 0.0915. The summed E-state index contributed by atoms with van der Waals surface area (Å²) in [4.78, 5) is 11.3. The summed E-state index contributed by atoms with van der Waals surface area (Å²) in [6.07, 6.45) is 2.52. The molecule has 0 bridgehead atoms. The molecule has 0 aliphatic carbocycles. The second kappa shape index (κ2) is 6.80.